The van der Waals surface area contributed by atoms with Crippen molar-refractivity contribution < 1.29 is 0 Å². The number of hydrogen-bond acceptors (Lipinski definition) is 4. The second kappa shape index (κ2) is 5.47. The van der Waals surface area contributed by atoms with E-state index in [1.54, 1.807) is 22.7 Å². The number of thiophene rings is 2. The van der Waals surface area contributed by atoms with Gasteiger partial charge in [0.05, 0.1) is 17.4 Å². The molecular formula is C17H14N2S2. The van der Waals surface area contributed by atoms with Gasteiger partial charge < -0.3 is 0 Å². The van der Waals surface area contributed by atoms with Crippen molar-refractivity contribution in [2.45, 2.75) is 12.5 Å². The Bertz CT molecular complexity index is 730. The maximum atomic E-state index is 4.90. The number of hydrazone groups is 1. The fourth-order valence-corrected chi connectivity index (χ4v) is 4.11. The van der Waals surface area contributed by atoms with Crippen LogP contribution in [0.4, 0.5) is 5.69 Å². The van der Waals surface area contributed by atoms with E-state index in [-0.39, 0.29) is 0 Å². The topological polar surface area (TPSA) is 15.6 Å². The molecule has 2 nitrogen and oxygen atoms in total. The van der Waals surface area contributed by atoms with Gasteiger partial charge in [-0.15, -0.1) is 11.3 Å². The van der Waals surface area contributed by atoms with Crippen LogP contribution in [-0.4, -0.2) is 5.71 Å². The lowest BCUT2D eigenvalue weighted by Crippen LogP contribution is -2.17. The zero-order valence-electron chi connectivity index (χ0n) is 11.3. The lowest BCUT2D eigenvalue weighted by atomic mass is 10.1. The molecule has 3 aromatic rings. The first kappa shape index (κ1) is 12.8. The van der Waals surface area contributed by atoms with Gasteiger partial charge in [0.25, 0.3) is 0 Å². The fraction of sp³-hybridized carbons (Fsp3) is 0.118. The number of rotatable bonds is 3. The van der Waals surface area contributed by atoms with Crippen LogP contribution in [0.25, 0.3) is 0 Å². The largest absolute Gasteiger partial charge is 0.257 e. The lowest BCUT2D eigenvalue weighted by molar-refractivity contribution is 0.722. The summed E-state index contributed by atoms with van der Waals surface area (Å²) in [6.07, 6.45) is 0.964. The highest BCUT2D eigenvalue weighted by atomic mass is 32.1. The first-order valence-electron chi connectivity index (χ1n) is 6.89. The minimum Gasteiger partial charge on any atom is -0.257 e. The van der Waals surface area contributed by atoms with Crippen molar-refractivity contribution in [2.24, 2.45) is 5.10 Å². The monoisotopic (exact) mass is 310 g/mol. The van der Waals surface area contributed by atoms with E-state index in [4.69, 9.17) is 5.10 Å². The van der Waals surface area contributed by atoms with Crippen LogP contribution in [0.3, 0.4) is 0 Å². The van der Waals surface area contributed by atoms with E-state index in [1.165, 1.54) is 16.2 Å². The minimum atomic E-state index is 0.308. The highest BCUT2D eigenvalue weighted by molar-refractivity contribution is 7.10. The summed E-state index contributed by atoms with van der Waals surface area (Å²) < 4.78 is 0. The normalized spacial score (nSPS) is 18.0. The highest BCUT2D eigenvalue weighted by Crippen LogP contribution is 2.38. The molecule has 0 radical (unpaired) electrons. The van der Waals surface area contributed by atoms with Gasteiger partial charge in [0.1, 0.15) is 0 Å². The molecule has 3 heterocycles. The van der Waals surface area contributed by atoms with Crippen LogP contribution >= 0.6 is 22.7 Å². The summed E-state index contributed by atoms with van der Waals surface area (Å²) in [7, 11) is 0. The predicted molar refractivity (Wildman–Crippen MR) is 91.5 cm³/mol. The maximum Gasteiger partial charge on any atom is 0.0923 e. The van der Waals surface area contributed by atoms with E-state index >= 15 is 0 Å². The first-order chi connectivity index (χ1) is 10.4. The minimum absolute atomic E-state index is 0.308. The Kier molecular flexibility index (Phi) is 3.33. The zero-order valence-corrected chi connectivity index (χ0v) is 13.0. The third-order valence-corrected chi connectivity index (χ3v) is 5.31. The van der Waals surface area contributed by atoms with E-state index in [2.05, 4.69) is 63.6 Å². The predicted octanol–water partition coefficient (Wildman–Crippen LogP) is 5.17. The maximum absolute atomic E-state index is 4.90. The van der Waals surface area contributed by atoms with E-state index < -0.39 is 0 Å². The van der Waals surface area contributed by atoms with Crippen molar-refractivity contribution in [3.05, 3.63) is 75.1 Å². The van der Waals surface area contributed by atoms with Gasteiger partial charge >= 0.3 is 0 Å². The summed E-state index contributed by atoms with van der Waals surface area (Å²) in [5.74, 6) is 0. The average Bonchev–Trinajstić information content (AvgIpc) is 3.27. The SMILES string of the molecule is c1ccc(N2N=C(c3ccsc3)CC2c2cccs2)cc1. The molecule has 1 unspecified atom stereocenters. The molecule has 0 N–H and O–H groups in total. The Morgan fingerprint density at radius 3 is 2.62 bits per heavy atom. The highest BCUT2D eigenvalue weighted by Gasteiger charge is 2.30. The first-order valence-corrected chi connectivity index (χ1v) is 8.72. The van der Waals surface area contributed by atoms with E-state index in [0.717, 1.165) is 12.1 Å². The molecule has 104 valence electrons. The Balaban J connectivity index is 1.75. The van der Waals surface area contributed by atoms with Crippen molar-refractivity contribution in [3.63, 3.8) is 0 Å². The Morgan fingerprint density at radius 1 is 1.00 bits per heavy atom. The molecule has 0 bridgehead atoms. The Hall–Kier alpha value is -1.91. The molecule has 0 amide bonds. The van der Waals surface area contributed by atoms with Gasteiger partial charge in [-0.2, -0.15) is 16.4 Å². The van der Waals surface area contributed by atoms with Crippen LogP contribution in [0.5, 0.6) is 0 Å². The number of benzene rings is 1. The molecular weight excluding hydrogens is 296 g/mol. The van der Waals surface area contributed by atoms with Gasteiger partial charge in [0.2, 0.25) is 0 Å². The van der Waals surface area contributed by atoms with Crippen LogP contribution in [0.2, 0.25) is 0 Å². The number of para-hydroxylation sites is 1. The lowest BCUT2D eigenvalue weighted by Gasteiger charge is -2.22. The standard InChI is InChI=1S/C17H14N2S2/c1-2-5-14(6-3-1)19-16(17-7-4-9-21-17)11-15(18-19)13-8-10-20-12-13/h1-10,12,16H,11H2. The van der Waals surface area contributed by atoms with Crippen molar-refractivity contribution in [1.29, 1.82) is 0 Å². The smallest absolute Gasteiger partial charge is 0.0923 e. The third kappa shape index (κ3) is 2.41. The molecule has 4 rings (SSSR count). The summed E-state index contributed by atoms with van der Waals surface area (Å²) in [5, 5.41) is 13.5. The van der Waals surface area contributed by atoms with Crippen LogP contribution in [0.15, 0.2) is 69.8 Å². The molecule has 0 fully saturated rings. The quantitative estimate of drug-likeness (QED) is 0.652. The number of anilines is 1. The van der Waals surface area contributed by atoms with Crippen molar-refractivity contribution in [1.82, 2.24) is 0 Å². The van der Waals surface area contributed by atoms with Gasteiger partial charge in [-0.25, -0.2) is 0 Å². The van der Waals surface area contributed by atoms with Crippen molar-refractivity contribution in [2.75, 3.05) is 5.01 Å². The van der Waals surface area contributed by atoms with E-state index in [1.807, 2.05) is 6.07 Å². The molecule has 0 saturated heterocycles. The van der Waals surface area contributed by atoms with E-state index in [9.17, 15) is 0 Å². The number of hydrogen-bond donors (Lipinski definition) is 0. The summed E-state index contributed by atoms with van der Waals surface area (Å²) in [4.78, 5) is 1.37. The van der Waals surface area contributed by atoms with E-state index in [0.29, 0.717) is 6.04 Å². The Labute approximate surface area is 132 Å². The fourth-order valence-electron chi connectivity index (χ4n) is 2.63. The summed E-state index contributed by atoms with van der Waals surface area (Å²) in [5.41, 5.74) is 3.58. The van der Waals surface area contributed by atoms with Gasteiger partial charge in [-0.3, -0.25) is 5.01 Å². The zero-order chi connectivity index (χ0) is 14.1. The van der Waals surface area contributed by atoms with Gasteiger partial charge in [0.15, 0.2) is 0 Å². The Morgan fingerprint density at radius 2 is 1.90 bits per heavy atom. The summed E-state index contributed by atoms with van der Waals surface area (Å²) in [6, 6.07) is 17.2. The molecule has 1 atom stereocenters. The molecule has 0 spiro atoms. The second-order valence-electron chi connectivity index (χ2n) is 4.97. The summed E-state index contributed by atoms with van der Waals surface area (Å²) in [6.45, 7) is 0. The molecule has 2 aromatic heterocycles. The molecule has 4 heteroatoms. The summed E-state index contributed by atoms with van der Waals surface area (Å²) >= 11 is 3.53. The number of nitrogens with zero attached hydrogens (tertiary/aromatic N) is 2. The molecule has 1 aliphatic heterocycles. The second-order valence-corrected chi connectivity index (χ2v) is 6.73. The molecule has 1 aromatic carbocycles. The van der Waals surface area contributed by atoms with Gasteiger partial charge in [-0.05, 0) is 40.4 Å². The van der Waals surface area contributed by atoms with Crippen molar-refractivity contribution >= 4 is 34.1 Å². The molecule has 21 heavy (non-hydrogen) atoms. The average molecular weight is 310 g/mol. The molecule has 0 aliphatic carbocycles. The molecule has 1 aliphatic rings. The van der Waals surface area contributed by atoms with Crippen LogP contribution in [0, 0.1) is 0 Å². The molecule has 0 saturated carbocycles. The van der Waals surface area contributed by atoms with Crippen LogP contribution in [0.1, 0.15) is 22.9 Å². The van der Waals surface area contributed by atoms with Gasteiger partial charge in [0, 0.05) is 16.9 Å². The van der Waals surface area contributed by atoms with Gasteiger partial charge in [-0.1, -0.05) is 24.3 Å². The third-order valence-electron chi connectivity index (χ3n) is 3.66. The van der Waals surface area contributed by atoms with Crippen LogP contribution in [-0.2, 0) is 0 Å². The van der Waals surface area contributed by atoms with Crippen LogP contribution < -0.4 is 5.01 Å². The van der Waals surface area contributed by atoms with Crippen molar-refractivity contribution in [3.8, 4) is 0 Å².